The number of imidazole rings is 2. The number of rotatable bonds is 2. The first-order chi connectivity index (χ1) is 10.3. The standard InChI is InChI=1S/C17H14N4/c1-13-7-8-15-16(11-13)21(14-5-3-2-4-6-14)17(19-15)20-10-9-18-12-20/h2-12H,1H3. The molecule has 0 aliphatic carbocycles. The van der Waals surface area contributed by atoms with Gasteiger partial charge in [0.15, 0.2) is 0 Å². The maximum atomic E-state index is 4.76. The van der Waals surface area contributed by atoms with E-state index in [1.54, 1.807) is 12.5 Å². The molecule has 2 aromatic carbocycles. The molecule has 0 fully saturated rings. The molecule has 21 heavy (non-hydrogen) atoms. The molecule has 4 nitrogen and oxygen atoms in total. The molecular weight excluding hydrogens is 260 g/mol. The van der Waals surface area contributed by atoms with Crippen molar-refractivity contribution in [1.29, 1.82) is 0 Å². The minimum absolute atomic E-state index is 0.847. The summed E-state index contributed by atoms with van der Waals surface area (Å²) in [6.45, 7) is 2.10. The molecule has 4 aromatic rings. The molecule has 0 N–H and O–H groups in total. The first kappa shape index (κ1) is 11.9. The molecule has 4 rings (SSSR count). The van der Waals surface area contributed by atoms with Crippen molar-refractivity contribution < 1.29 is 0 Å². The highest BCUT2D eigenvalue weighted by molar-refractivity contribution is 5.80. The quantitative estimate of drug-likeness (QED) is 0.560. The highest BCUT2D eigenvalue weighted by Gasteiger charge is 2.13. The SMILES string of the molecule is Cc1ccc2nc(-n3ccnc3)n(-c3ccccc3)c2c1. The first-order valence-corrected chi connectivity index (χ1v) is 6.86. The van der Waals surface area contributed by atoms with Crippen molar-refractivity contribution in [2.24, 2.45) is 0 Å². The number of hydrogen-bond donors (Lipinski definition) is 0. The molecule has 0 spiro atoms. The van der Waals surface area contributed by atoms with Gasteiger partial charge >= 0.3 is 0 Å². The molecule has 0 unspecified atom stereocenters. The third kappa shape index (κ3) is 1.92. The molecule has 4 heteroatoms. The summed E-state index contributed by atoms with van der Waals surface area (Å²) in [7, 11) is 0. The summed E-state index contributed by atoms with van der Waals surface area (Å²) in [6, 6.07) is 16.6. The van der Waals surface area contributed by atoms with Crippen LogP contribution in [0.1, 0.15) is 5.56 Å². The van der Waals surface area contributed by atoms with Gasteiger partial charge in [-0.25, -0.2) is 9.97 Å². The average molecular weight is 274 g/mol. The zero-order valence-corrected chi connectivity index (χ0v) is 11.6. The van der Waals surface area contributed by atoms with Crippen LogP contribution in [0.4, 0.5) is 0 Å². The van der Waals surface area contributed by atoms with Crippen molar-refractivity contribution in [3.05, 3.63) is 72.8 Å². The second-order valence-electron chi connectivity index (χ2n) is 5.04. The monoisotopic (exact) mass is 274 g/mol. The Morgan fingerprint density at radius 1 is 1.00 bits per heavy atom. The van der Waals surface area contributed by atoms with Gasteiger partial charge in [0.05, 0.1) is 11.0 Å². The third-order valence-corrected chi connectivity index (χ3v) is 3.54. The van der Waals surface area contributed by atoms with Crippen LogP contribution in [-0.4, -0.2) is 19.1 Å². The predicted molar refractivity (Wildman–Crippen MR) is 82.9 cm³/mol. The van der Waals surface area contributed by atoms with Gasteiger partial charge in [0, 0.05) is 18.1 Å². The molecule has 0 saturated carbocycles. The molecule has 0 atom stereocenters. The average Bonchev–Trinajstić information content (AvgIpc) is 3.14. The molecule has 0 saturated heterocycles. The van der Waals surface area contributed by atoms with Crippen LogP contribution in [0.3, 0.4) is 0 Å². The first-order valence-electron chi connectivity index (χ1n) is 6.86. The summed E-state index contributed by atoms with van der Waals surface area (Å²) in [6.07, 6.45) is 5.45. The highest BCUT2D eigenvalue weighted by Crippen LogP contribution is 2.24. The van der Waals surface area contributed by atoms with E-state index < -0.39 is 0 Å². The Labute approximate surface area is 122 Å². The molecule has 0 radical (unpaired) electrons. The number of para-hydroxylation sites is 1. The van der Waals surface area contributed by atoms with Gasteiger partial charge in [0.2, 0.25) is 5.95 Å². The molecule has 0 aliphatic heterocycles. The van der Waals surface area contributed by atoms with Gasteiger partial charge in [-0.15, -0.1) is 0 Å². The van der Waals surface area contributed by atoms with Crippen LogP contribution in [0, 0.1) is 6.92 Å². The van der Waals surface area contributed by atoms with Gasteiger partial charge in [-0.1, -0.05) is 24.3 Å². The van der Waals surface area contributed by atoms with Gasteiger partial charge in [-0.05, 0) is 36.8 Å². The van der Waals surface area contributed by atoms with E-state index in [1.807, 2.05) is 29.0 Å². The number of nitrogens with zero attached hydrogens (tertiary/aromatic N) is 4. The van der Waals surface area contributed by atoms with E-state index in [4.69, 9.17) is 4.98 Å². The van der Waals surface area contributed by atoms with E-state index in [0.717, 1.165) is 22.7 Å². The Morgan fingerprint density at radius 2 is 1.86 bits per heavy atom. The summed E-state index contributed by atoms with van der Waals surface area (Å²) in [5, 5.41) is 0. The molecule has 2 aromatic heterocycles. The van der Waals surface area contributed by atoms with Gasteiger partial charge in [-0.2, -0.15) is 0 Å². The Bertz CT molecular complexity index is 889. The van der Waals surface area contributed by atoms with Crippen LogP contribution >= 0.6 is 0 Å². The summed E-state index contributed by atoms with van der Waals surface area (Å²) < 4.78 is 4.09. The summed E-state index contributed by atoms with van der Waals surface area (Å²) in [5.41, 5.74) is 4.39. The van der Waals surface area contributed by atoms with E-state index in [-0.39, 0.29) is 0 Å². The third-order valence-electron chi connectivity index (χ3n) is 3.54. The topological polar surface area (TPSA) is 35.6 Å². The smallest absolute Gasteiger partial charge is 0.220 e. The number of fused-ring (bicyclic) bond motifs is 1. The number of aryl methyl sites for hydroxylation is 1. The zero-order chi connectivity index (χ0) is 14.2. The maximum absolute atomic E-state index is 4.76. The van der Waals surface area contributed by atoms with Crippen molar-refractivity contribution in [2.45, 2.75) is 6.92 Å². The fourth-order valence-electron chi connectivity index (χ4n) is 2.55. The van der Waals surface area contributed by atoms with Crippen LogP contribution in [0.2, 0.25) is 0 Å². The largest absolute Gasteiger partial charge is 0.278 e. The number of hydrogen-bond acceptors (Lipinski definition) is 2. The minimum Gasteiger partial charge on any atom is -0.278 e. The van der Waals surface area contributed by atoms with E-state index in [2.05, 4.69) is 46.8 Å². The Balaban J connectivity index is 2.09. The van der Waals surface area contributed by atoms with Crippen LogP contribution in [0.5, 0.6) is 0 Å². The number of benzene rings is 2. The Kier molecular flexibility index (Phi) is 2.60. The second-order valence-corrected chi connectivity index (χ2v) is 5.04. The van der Waals surface area contributed by atoms with Crippen molar-refractivity contribution in [3.63, 3.8) is 0 Å². The minimum atomic E-state index is 0.847. The van der Waals surface area contributed by atoms with Crippen LogP contribution < -0.4 is 0 Å². The van der Waals surface area contributed by atoms with E-state index in [0.29, 0.717) is 0 Å². The maximum Gasteiger partial charge on any atom is 0.220 e. The molecular formula is C17H14N4. The summed E-state index contributed by atoms with van der Waals surface area (Å²) in [4.78, 5) is 8.89. The van der Waals surface area contributed by atoms with E-state index in [9.17, 15) is 0 Å². The van der Waals surface area contributed by atoms with Gasteiger partial charge < -0.3 is 0 Å². The molecule has 0 aliphatic rings. The molecule has 102 valence electrons. The fraction of sp³-hybridized carbons (Fsp3) is 0.0588. The van der Waals surface area contributed by atoms with Crippen molar-refractivity contribution >= 4 is 11.0 Å². The summed E-state index contributed by atoms with van der Waals surface area (Å²) in [5.74, 6) is 0.847. The van der Waals surface area contributed by atoms with E-state index in [1.165, 1.54) is 5.56 Å². The Hall–Kier alpha value is -2.88. The van der Waals surface area contributed by atoms with Crippen LogP contribution in [0.25, 0.3) is 22.7 Å². The lowest BCUT2D eigenvalue weighted by Crippen LogP contribution is -2.03. The van der Waals surface area contributed by atoms with Gasteiger partial charge in [0.25, 0.3) is 0 Å². The van der Waals surface area contributed by atoms with E-state index >= 15 is 0 Å². The highest BCUT2D eigenvalue weighted by atomic mass is 15.3. The number of aromatic nitrogens is 4. The molecule has 0 bridgehead atoms. The lowest BCUT2D eigenvalue weighted by molar-refractivity contribution is 0.902. The fourth-order valence-corrected chi connectivity index (χ4v) is 2.55. The predicted octanol–water partition coefficient (Wildman–Crippen LogP) is 3.52. The lowest BCUT2D eigenvalue weighted by atomic mass is 10.2. The van der Waals surface area contributed by atoms with Crippen molar-refractivity contribution in [3.8, 4) is 11.6 Å². The van der Waals surface area contributed by atoms with Crippen LogP contribution in [-0.2, 0) is 0 Å². The van der Waals surface area contributed by atoms with Crippen molar-refractivity contribution in [2.75, 3.05) is 0 Å². The van der Waals surface area contributed by atoms with Crippen molar-refractivity contribution in [1.82, 2.24) is 19.1 Å². The normalized spacial score (nSPS) is 11.1. The second kappa shape index (κ2) is 4.59. The van der Waals surface area contributed by atoms with Gasteiger partial charge in [-0.3, -0.25) is 9.13 Å². The molecule has 2 heterocycles. The summed E-state index contributed by atoms with van der Waals surface area (Å²) >= 11 is 0. The zero-order valence-electron chi connectivity index (χ0n) is 11.6. The Morgan fingerprint density at radius 3 is 2.62 bits per heavy atom. The lowest BCUT2D eigenvalue weighted by Gasteiger charge is -2.09. The van der Waals surface area contributed by atoms with Gasteiger partial charge in [0.1, 0.15) is 6.33 Å². The molecule has 0 amide bonds. The van der Waals surface area contributed by atoms with Crippen LogP contribution in [0.15, 0.2) is 67.3 Å².